The number of hydrogen-bond donors (Lipinski definition) is 3. The van der Waals surface area contributed by atoms with Gasteiger partial charge in [0.1, 0.15) is 5.82 Å². The maximum absolute atomic E-state index is 12.9. The number of hydrogen-bond acceptors (Lipinski definition) is 5. The number of anilines is 3. The van der Waals surface area contributed by atoms with Gasteiger partial charge in [0, 0.05) is 11.4 Å². The number of halogens is 1. The predicted octanol–water partition coefficient (Wildman–Crippen LogP) is 4.88. The van der Waals surface area contributed by atoms with Gasteiger partial charge in [0.15, 0.2) is 5.13 Å². The van der Waals surface area contributed by atoms with Crippen LogP contribution in [0.1, 0.15) is 0 Å². The number of carbonyl (C=O) groups is 1. The lowest BCUT2D eigenvalue weighted by atomic mass is 10.3. The van der Waals surface area contributed by atoms with E-state index in [1.807, 2.05) is 0 Å². The summed E-state index contributed by atoms with van der Waals surface area (Å²) in [6.45, 7) is 0. The number of thiazole rings is 1. The largest absolute Gasteiger partial charge is 0.323 e. The minimum Gasteiger partial charge on any atom is -0.308 e. The Balaban J connectivity index is 1.48. The van der Waals surface area contributed by atoms with E-state index < -0.39 is 21.9 Å². The third kappa shape index (κ3) is 4.56. The summed E-state index contributed by atoms with van der Waals surface area (Å²) in [6.07, 6.45) is 0. The number of benzene rings is 3. The van der Waals surface area contributed by atoms with Crippen LogP contribution in [0, 0.1) is 5.82 Å². The summed E-state index contributed by atoms with van der Waals surface area (Å²) in [5.41, 5.74) is 1.46. The number of amides is 2. The van der Waals surface area contributed by atoms with E-state index in [4.69, 9.17) is 0 Å². The van der Waals surface area contributed by atoms with Crippen LogP contribution in [0.4, 0.5) is 25.7 Å². The van der Waals surface area contributed by atoms with Gasteiger partial charge in [0.2, 0.25) is 0 Å². The molecule has 0 saturated carbocycles. The standard InChI is InChI=1S/C20H15FN4O3S2/c21-13-6-8-14(9-7-13)22-19(26)23-15-10-11-18-17(12-15)24-20(29-18)25-30(27,28)16-4-2-1-3-5-16/h1-12H,(H,24,25)(H2,22,23,26). The highest BCUT2D eigenvalue weighted by molar-refractivity contribution is 7.93. The smallest absolute Gasteiger partial charge is 0.308 e. The normalized spacial score (nSPS) is 11.2. The van der Waals surface area contributed by atoms with Gasteiger partial charge in [-0.25, -0.2) is 22.6 Å². The Bertz CT molecular complexity index is 1310. The molecule has 4 rings (SSSR count). The van der Waals surface area contributed by atoms with Crippen LogP contribution in [0.25, 0.3) is 10.2 Å². The molecule has 0 spiro atoms. The molecule has 10 heteroatoms. The number of rotatable bonds is 5. The van der Waals surface area contributed by atoms with Crippen LogP contribution in [0.15, 0.2) is 77.7 Å². The fourth-order valence-electron chi connectivity index (χ4n) is 2.65. The van der Waals surface area contributed by atoms with E-state index in [9.17, 15) is 17.6 Å². The van der Waals surface area contributed by atoms with Crippen molar-refractivity contribution in [2.75, 3.05) is 15.4 Å². The van der Waals surface area contributed by atoms with Crippen molar-refractivity contribution in [3.63, 3.8) is 0 Å². The van der Waals surface area contributed by atoms with Gasteiger partial charge in [-0.05, 0) is 54.6 Å². The molecule has 0 bridgehead atoms. The van der Waals surface area contributed by atoms with Gasteiger partial charge in [-0.3, -0.25) is 4.72 Å². The van der Waals surface area contributed by atoms with Crippen molar-refractivity contribution in [1.82, 2.24) is 4.98 Å². The molecular weight excluding hydrogens is 427 g/mol. The van der Waals surface area contributed by atoms with Crippen molar-refractivity contribution in [2.45, 2.75) is 4.90 Å². The van der Waals surface area contributed by atoms with Crippen LogP contribution in [0.3, 0.4) is 0 Å². The Labute approximate surface area is 175 Å². The number of sulfonamides is 1. The Kier molecular flexibility index (Phi) is 5.34. The number of urea groups is 1. The first kappa shape index (κ1) is 19.8. The van der Waals surface area contributed by atoms with E-state index in [0.29, 0.717) is 16.9 Å². The fourth-order valence-corrected chi connectivity index (χ4v) is 4.75. The van der Waals surface area contributed by atoms with Gasteiger partial charge < -0.3 is 10.6 Å². The zero-order valence-corrected chi connectivity index (χ0v) is 16.9. The van der Waals surface area contributed by atoms with E-state index in [1.54, 1.807) is 36.4 Å². The van der Waals surface area contributed by atoms with Crippen molar-refractivity contribution in [1.29, 1.82) is 0 Å². The second-order valence-corrected chi connectivity index (χ2v) is 8.92. The van der Waals surface area contributed by atoms with Crippen molar-refractivity contribution < 1.29 is 17.6 Å². The number of carbonyl (C=O) groups excluding carboxylic acids is 1. The number of nitrogens with zero attached hydrogens (tertiary/aromatic N) is 1. The molecule has 1 aromatic heterocycles. The van der Waals surface area contributed by atoms with Crippen molar-refractivity contribution in [3.05, 3.63) is 78.6 Å². The summed E-state index contributed by atoms with van der Waals surface area (Å²) in [4.78, 5) is 16.6. The minimum absolute atomic E-state index is 0.143. The van der Waals surface area contributed by atoms with Crippen LogP contribution in [-0.2, 0) is 10.0 Å². The third-order valence-corrected chi connectivity index (χ3v) is 6.46. The molecule has 30 heavy (non-hydrogen) atoms. The molecule has 1 heterocycles. The van der Waals surface area contributed by atoms with Gasteiger partial charge in [0.25, 0.3) is 10.0 Å². The summed E-state index contributed by atoms with van der Waals surface area (Å²) in [5, 5.41) is 5.48. The Morgan fingerprint density at radius 2 is 1.57 bits per heavy atom. The highest BCUT2D eigenvalue weighted by Crippen LogP contribution is 2.29. The quantitative estimate of drug-likeness (QED) is 0.410. The molecule has 0 fully saturated rings. The fraction of sp³-hybridized carbons (Fsp3) is 0. The first-order valence-electron chi connectivity index (χ1n) is 8.71. The molecule has 152 valence electrons. The van der Waals surface area contributed by atoms with Crippen molar-refractivity contribution >= 4 is 54.1 Å². The first-order valence-corrected chi connectivity index (χ1v) is 11.0. The summed E-state index contributed by atoms with van der Waals surface area (Å²) in [6, 6.07) is 18.0. The van der Waals surface area contributed by atoms with Gasteiger partial charge in [-0.1, -0.05) is 29.5 Å². The first-order chi connectivity index (χ1) is 14.4. The van der Waals surface area contributed by atoms with Gasteiger partial charge in [-0.15, -0.1) is 0 Å². The lowest BCUT2D eigenvalue weighted by Crippen LogP contribution is -2.19. The van der Waals surface area contributed by atoms with Gasteiger partial charge >= 0.3 is 6.03 Å². The van der Waals surface area contributed by atoms with Crippen molar-refractivity contribution in [2.24, 2.45) is 0 Å². The summed E-state index contributed by atoms with van der Waals surface area (Å²) >= 11 is 1.19. The average molecular weight is 442 g/mol. The number of aromatic nitrogens is 1. The molecule has 2 amide bonds. The SMILES string of the molecule is O=C(Nc1ccc(F)cc1)Nc1ccc2sc(NS(=O)(=O)c3ccccc3)nc2c1. The van der Waals surface area contributed by atoms with Crippen LogP contribution < -0.4 is 15.4 Å². The summed E-state index contributed by atoms with van der Waals surface area (Å²) in [5.74, 6) is -0.395. The highest BCUT2D eigenvalue weighted by atomic mass is 32.2. The molecule has 4 aromatic rings. The van der Waals surface area contributed by atoms with Crippen LogP contribution in [0.5, 0.6) is 0 Å². The Morgan fingerprint density at radius 1 is 0.900 bits per heavy atom. The highest BCUT2D eigenvalue weighted by Gasteiger charge is 2.16. The zero-order valence-electron chi connectivity index (χ0n) is 15.3. The van der Waals surface area contributed by atoms with Crippen LogP contribution in [0.2, 0.25) is 0 Å². The number of fused-ring (bicyclic) bond motifs is 1. The molecule has 0 aliphatic heterocycles. The molecule has 3 aromatic carbocycles. The Morgan fingerprint density at radius 3 is 2.30 bits per heavy atom. The maximum Gasteiger partial charge on any atom is 0.323 e. The molecule has 0 unspecified atom stereocenters. The van der Waals surface area contributed by atoms with Crippen molar-refractivity contribution in [3.8, 4) is 0 Å². The second-order valence-electron chi connectivity index (χ2n) is 6.21. The summed E-state index contributed by atoms with van der Waals surface area (Å²) in [7, 11) is -3.74. The lowest BCUT2D eigenvalue weighted by Gasteiger charge is -2.07. The molecule has 7 nitrogen and oxygen atoms in total. The van der Waals surface area contributed by atoms with E-state index in [-0.39, 0.29) is 10.0 Å². The van der Waals surface area contributed by atoms with E-state index in [1.165, 1.54) is 47.7 Å². The monoisotopic (exact) mass is 442 g/mol. The molecule has 0 aliphatic carbocycles. The average Bonchev–Trinajstić information content (AvgIpc) is 3.11. The van der Waals surface area contributed by atoms with E-state index >= 15 is 0 Å². The van der Waals surface area contributed by atoms with Gasteiger partial charge in [0.05, 0.1) is 15.1 Å². The topological polar surface area (TPSA) is 100 Å². The maximum atomic E-state index is 12.9. The summed E-state index contributed by atoms with van der Waals surface area (Å²) < 4.78 is 41.1. The van der Waals surface area contributed by atoms with E-state index in [0.717, 1.165) is 4.70 Å². The molecule has 0 atom stereocenters. The molecule has 0 aliphatic rings. The number of nitrogens with one attached hydrogen (secondary N) is 3. The third-order valence-electron chi connectivity index (χ3n) is 4.02. The molecular formula is C20H15FN4O3S2. The van der Waals surface area contributed by atoms with Gasteiger partial charge in [-0.2, -0.15) is 0 Å². The zero-order chi connectivity index (χ0) is 21.1. The Hall–Kier alpha value is -3.50. The van der Waals surface area contributed by atoms with Crippen LogP contribution >= 0.6 is 11.3 Å². The second kappa shape index (κ2) is 8.09. The van der Waals surface area contributed by atoms with Crippen LogP contribution in [-0.4, -0.2) is 19.4 Å². The predicted molar refractivity (Wildman–Crippen MR) is 116 cm³/mol. The van der Waals surface area contributed by atoms with E-state index in [2.05, 4.69) is 20.3 Å². The molecule has 3 N–H and O–H groups in total. The minimum atomic E-state index is -3.74. The lowest BCUT2D eigenvalue weighted by molar-refractivity contribution is 0.262. The molecule has 0 radical (unpaired) electrons. The molecule has 0 saturated heterocycles.